The predicted molar refractivity (Wildman–Crippen MR) is 96.1 cm³/mol. The van der Waals surface area contributed by atoms with E-state index >= 15 is 0 Å². The van der Waals surface area contributed by atoms with E-state index in [-0.39, 0.29) is 5.41 Å². The molecule has 0 spiro atoms. The van der Waals surface area contributed by atoms with Crippen molar-refractivity contribution in [3.05, 3.63) is 29.2 Å². The van der Waals surface area contributed by atoms with Crippen LogP contribution in [0.4, 0.5) is 0 Å². The van der Waals surface area contributed by atoms with E-state index in [2.05, 4.69) is 51.3 Å². The summed E-state index contributed by atoms with van der Waals surface area (Å²) in [5.41, 5.74) is 2.56. The van der Waals surface area contributed by atoms with E-state index in [4.69, 9.17) is 4.52 Å². The van der Waals surface area contributed by atoms with Gasteiger partial charge in [-0.05, 0) is 19.4 Å². The van der Waals surface area contributed by atoms with Crippen molar-refractivity contribution in [3.63, 3.8) is 0 Å². The fourth-order valence-electron chi connectivity index (χ4n) is 3.41. The van der Waals surface area contributed by atoms with Crippen LogP contribution in [-0.4, -0.2) is 44.4 Å². The summed E-state index contributed by atoms with van der Waals surface area (Å²) in [4.78, 5) is 6.83. The van der Waals surface area contributed by atoms with Gasteiger partial charge in [0.2, 0.25) is 5.89 Å². The Morgan fingerprint density at radius 2 is 2.24 bits per heavy atom. The number of aryl methyl sites for hydroxylation is 1. The van der Waals surface area contributed by atoms with Crippen LogP contribution in [0.25, 0.3) is 0 Å². The first-order valence-corrected chi connectivity index (χ1v) is 9.25. The summed E-state index contributed by atoms with van der Waals surface area (Å²) in [5.74, 6) is 1.51. The minimum Gasteiger partial charge on any atom is -0.339 e. The van der Waals surface area contributed by atoms with E-state index in [0.717, 1.165) is 44.3 Å². The molecule has 0 radical (unpaired) electrons. The Morgan fingerprint density at radius 3 is 2.96 bits per heavy atom. The molecule has 2 N–H and O–H groups in total. The van der Waals surface area contributed by atoms with Crippen LogP contribution in [0.15, 0.2) is 10.7 Å². The van der Waals surface area contributed by atoms with Gasteiger partial charge in [-0.2, -0.15) is 10.1 Å². The first-order chi connectivity index (χ1) is 12.0. The molecule has 138 valence electrons. The van der Waals surface area contributed by atoms with Crippen LogP contribution in [-0.2, 0) is 24.9 Å². The van der Waals surface area contributed by atoms with Crippen LogP contribution in [0.3, 0.4) is 0 Å². The normalized spacial score (nSPS) is 19.4. The van der Waals surface area contributed by atoms with Gasteiger partial charge in [0.25, 0.3) is 0 Å². The largest absolute Gasteiger partial charge is 0.339 e. The average molecular weight is 346 g/mol. The molecule has 7 nitrogen and oxygen atoms in total. The summed E-state index contributed by atoms with van der Waals surface area (Å²) in [6, 6.07) is 0.481. The summed E-state index contributed by atoms with van der Waals surface area (Å²) < 4.78 is 5.21. The summed E-state index contributed by atoms with van der Waals surface area (Å²) in [6.07, 6.45) is 5.12. The summed E-state index contributed by atoms with van der Waals surface area (Å²) in [5, 5.41) is 15.2. The fraction of sp³-hybridized carbons (Fsp3) is 0.722. The van der Waals surface area contributed by atoms with Crippen molar-refractivity contribution in [3.8, 4) is 0 Å². The average Bonchev–Trinajstić information content (AvgIpc) is 3.21. The Balaban J connectivity index is 1.53. The van der Waals surface area contributed by atoms with Crippen LogP contribution < -0.4 is 5.32 Å². The molecule has 1 atom stereocenters. The van der Waals surface area contributed by atoms with Crippen molar-refractivity contribution in [2.45, 2.75) is 71.5 Å². The molecule has 0 aromatic carbocycles. The number of aromatic nitrogens is 4. The van der Waals surface area contributed by atoms with Crippen molar-refractivity contribution in [1.82, 2.24) is 30.6 Å². The Morgan fingerprint density at radius 1 is 1.40 bits per heavy atom. The summed E-state index contributed by atoms with van der Waals surface area (Å²) in [6.45, 7) is 12.4. The zero-order valence-electron chi connectivity index (χ0n) is 15.8. The molecule has 0 saturated carbocycles. The first-order valence-electron chi connectivity index (χ1n) is 9.25. The van der Waals surface area contributed by atoms with Crippen molar-refractivity contribution < 1.29 is 4.52 Å². The fourth-order valence-corrected chi connectivity index (χ4v) is 3.41. The maximum absolute atomic E-state index is 5.21. The number of aromatic amines is 1. The van der Waals surface area contributed by atoms with Gasteiger partial charge < -0.3 is 9.84 Å². The highest BCUT2D eigenvalue weighted by atomic mass is 16.5. The van der Waals surface area contributed by atoms with E-state index in [9.17, 15) is 0 Å². The number of likely N-dealkylation sites (tertiary alicyclic amines) is 1. The SMILES string of the molecule is CCc1nc(CN2CCC[C@@H](NCc3cn[nH]c3C(C)(C)C)C2)no1. The highest BCUT2D eigenvalue weighted by Gasteiger charge is 2.23. The van der Waals surface area contributed by atoms with Crippen molar-refractivity contribution in [2.24, 2.45) is 0 Å². The molecule has 3 rings (SSSR count). The lowest BCUT2D eigenvalue weighted by atomic mass is 9.89. The van der Waals surface area contributed by atoms with E-state index in [1.165, 1.54) is 24.1 Å². The Labute approximate surface area is 149 Å². The standard InChI is InChI=1S/C18H30N6O/c1-5-16-21-15(23-25-16)12-24-8-6-7-14(11-24)19-9-13-10-20-22-17(13)18(2,3)4/h10,14,19H,5-9,11-12H2,1-4H3,(H,20,22)/t14-/m1/s1. The van der Waals surface area contributed by atoms with Gasteiger partial charge in [-0.25, -0.2) is 0 Å². The molecule has 0 bridgehead atoms. The molecule has 0 unspecified atom stereocenters. The van der Waals surface area contributed by atoms with Crippen LogP contribution in [0, 0.1) is 0 Å². The second kappa shape index (κ2) is 7.66. The Bertz CT molecular complexity index is 671. The molecule has 1 aliphatic rings. The number of nitrogens with zero attached hydrogens (tertiary/aromatic N) is 4. The third-order valence-electron chi connectivity index (χ3n) is 4.73. The minimum absolute atomic E-state index is 0.0850. The molecule has 1 saturated heterocycles. The monoisotopic (exact) mass is 346 g/mol. The smallest absolute Gasteiger partial charge is 0.226 e. The van der Waals surface area contributed by atoms with E-state index in [1.54, 1.807) is 0 Å². The lowest BCUT2D eigenvalue weighted by Crippen LogP contribution is -2.45. The van der Waals surface area contributed by atoms with Gasteiger partial charge in [0, 0.05) is 42.2 Å². The van der Waals surface area contributed by atoms with Crippen molar-refractivity contribution in [2.75, 3.05) is 13.1 Å². The van der Waals surface area contributed by atoms with Crippen LogP contribution in [0.2, 0.25) is 0 Å². The van der Waals surface area contributed by atoms with Crippen LogP contribution >= 0.6 is 0 Å². The van der Waals surface area contributed by atoms with Gasteiger partial charge in [0.05, 0.1) is 12.7 Å². The van der Waals surface area contributed by atoms with Gasteiger partial charge in [-0.1, -0.05) is 32.9 Å². The second-order valence-corrected chi connectivity index (χ2v) is 7.93. The highest BCUT2D eigenvalue weighted by Crippen LogP contribution is 2.23. The highest BCUT2D eigenvalue weighted by molar-refractivity contribution is 5.23. The van der Waals surface area contributed by atoms with Crippen molar-refractivity contribution >= 4 is 0 Å². The van der Waals surface area contributed by atoms with Crippen molar-refractivity contribution in [1.29, 1.82) is 0 Å². The zero-order chi connectivity index (χ0) is 17.9. The third-order valence-corrected chi connectivity index (χ3v) is 4.73. The quantitative estimate of drug-likeness (QED) is 0.836. The van der Waals surface area contributed by atoms with E-state index < -0.39 is 0 Å². The molecule has 1 fully saturated rings. The Kier molecular flexibility index (Phi) is 5.54. The molecule has 25 heavy (non-hydrogen) atoms. The minimum atomic E-state index is 0.0850. The molecule has 7 heteroatoms. The van der Waals surface area contributed by atoms with Gasteiger partial charge in [-0.15, -0.1) is 0 Å². The zero-order valence-corrected chi connectivity index (χ0v) is 15.8. The molecule has 2 aromatic rings. The predicted octanol–water partition coefficient (Wildman–Crippen LogP) is 2.41. The van der Waals surface area contributed by atoms with E-state index in [1.807, 2.05) is 13.1 Å². The molecule has 3 heterocycles. The number of rotatable bonds is 6. The summed E-state index contributed by atoms with van der Waals surface area (Å²) >= 11 is 0. The molecular formula is C18H30N6O. The molecule has 0 amide bonds. The van der Waals surface area contributed by atoms with Gasteiger partial charge in [0.15, 0.2) is 5.82 Å². The maximum atomic E-state index is 5.21. The van der Waals surface area contributed by atoms with E-state index in [0.29, 0.717) is 6.04 Å². The van der Waals surface area contributed by atoms with Gasteiger partial charge in [0.1, 0.15) is 0 Å². The van der Waals surface area contributed by atoms with Gasteiger partial charge in [-0.3, -0.25) is 10.00 Å². The number of H-pyrrole nitrogens is 1. The second-order valence-electron chi connectivity index (χ2n) is 7.93. The number of hydrogen-bond donors (Lipinski definition) is 2. The first kappa shape index (κ1) is 18.1. The van der Waals surface area contributed by atoms with Gasteiger partial charge >= 0.3 is 0 Å². The number of nitrogens with one attached hydrogen (secondary N) is 2. The number of piperidine rings is 1. The summed E-state index contributed by atoms with van der Waals surface area (Å²) in [7, 11) is 0. The molecule has 1 aliphatic heterocycles. The topological polar surface area (TPSA) is 82.9 Å². The molecule has 0 aliphatic carbocycles. The third kappa shape index (κ3) is 4.67. The lowest BCUT2D eigenvalue weighted by molar-refractivity contribution is 0.177. The molecular weight excluding hydrogens is 316 g/mol. The lowest BCUT2D eigenvalue weighted by Gasteiger charge is -2.32. The Hall–Kier alpha value is -1.73. The molecule has 2 aromatic heterocycles. The maximum Gasteiger partial charge on any atom is 0.226 e. The number of hydrogen-bond acceptors (Lipinski definition) is 6. The van der Waals surface area contributed by atoms with Crippen LogP contribution in [0.1, 0.15) is 63.5 Å². The van der Waals surface area contributed by atoms with Crippen LogP contribution in [0.5, 0.6) is 0 Å².